The third-order valence-electron chi connectivity index (χ3n) is 1.62. The van der Waals surface area contributed by atoms with Crippen molar-refractivity contribution in [2.75, 3.05) is 0 Å². The molecule has 6 nitrogen and oxygen atoms in total. The molecule has 0 aromatic carbocycles. The first-order chi connectivity index (χ1) is 6.54. The zero-order chi connectivity index (χ0) is 10.7. The summed E-state index contributed by atoms with van der Waals surface area (Å²) in [5.41, 5.74) is -0.0280. The zero-order valence-corrected chi connectivity index (χ0v) is 6.93. The highest BCUT2D eigenvalue weighted by molar-refractivity contribution is 6.19. The SMILES string of the molecule is O=C(O)C(C(=O)O)C(=O)c1ccc[nH]1. The van der Waals surface area contributed by atoms with E-state index in [1.165, 1.54) is 18.3 Å². The monoisotopic (exact) mass is 197 g/mol. The first-order valence-corrected chi connectivity index (χ1v) is 3.67. The number of carboxylic acid groups (broad SMARTS) is 2. The van der Waals surface area contributed by atoms with Crippen molar-refractivity contribution < 1.29 is 24.6 Å². The molecular weight excluding hydrogens is 190 g/mol. The summed E-state index contributed by atoms with van der Waals surface area (Å²) in [6.07, 6.45) is 1.41. The molecule has 0 atom stereocenters. The summed E-state index contributed by atoms with van der Waals surface area (Å²) in [6.45, 7) is 0. The maximum atomic E-state index is 11.3. The van der Waals surface area contributed by atoms with E-state index in [2.05, 4.69) is 4.98 Å². The molecule has 0 spiro atoms. The predicted octanol–water partition coefficient (Wildman–Crippen LogP) is -0.0172. The minimum atomic E-state index is -2.05. The minimum Gasteiger partial charge on any atom is -0.480 e. The van der Waals surface area contributed by atoms with Crippen molar-refractivity contribution in [3.8, 4) is 0 Å². The lowest BCUT2D eigenvalue weighted by Crippen LogP contribution is -2.31. The Balaban J connectivity index is 2.97. The number of hydrogen-bond acceptors (Lipinski definition) is 3. The third kappa shape index (κ3) is 1.79. The second kappa shape index (κ2) is 3.73. The number of aromatic nitrogens is 1. The molecule has 0 radical (unpaired) electrons. The van der Waals surface area contributed by atoms with Crippen LogP contribution in [-0.2, 0) is 9.59 Å². The van der Waals surface area contributed by atoms with Gasteiger partial charge in [0.2, 0.25) is 11.7 Å². The Hall–Kier alpha value is -2.11. The van der Waals surface area contributed by atoms with Crippen LogP contribution in [0.15, 0.2) is 18.3 Å². The number of carbonyl (C=O) groups excluding carboxylic acids is 1. The number of rotatable bonds is 4. The van der Waals surface area contributed by atoms with Gasteiger partial charge in [0.15, 0.2) is 0 Å². The van der Waals surface area contributed by atoms with Gasteiger partial charge in [-0.25, -0.2) is 0 Å². The normalized spacial score (nSPS) is 10.1. The number of Topliss-reactive ketones (excluding diaryl/α,β-unsaturated/α-hetero) is 1. The molecule has 0 fully saturated rings. The summed E-state index contributed by atoms with van der Waals surface area (Å²) in [6, 6.07) is 2.80. The quantitative estimate of drug-likeness (QED) is 0.464. The lowest BCUT2D eigenvalue weighted by atomic mass is 10.0. The molecule has 1 aromatic heterocycles. The van der Waals surface area contributed by atoms with Gasteiger partial charge in [0.1, 0.15) is 0 Å². The first kappa shape index (κ1) is 9.97. The van der Waals surface area contributed by atoms with Crippen LogP contribution in [0.4, 0.5) is 0 Å². The fourth-order valence-corrected chi connectivity index (χ4v) is 0.969. The standard InChI is InChI=1S/C8H7NO5/c10-6(4-2-1-3-9-4)5(7(11)12)8(13)14/h1-3,5,9H,(H,11,12)(H,13,14). The Morgan fingerprint density at radius 1 is 1.21 bits per heavy atom. The predicted molar refractivity (Wildman–Crippen MR) is 43.9 cm³/mol. The van der Waals surface area contributed by atoms with Gasteiger partial charge in [-0.05, 0) is 12.1 Å². The van der Waals surface area contributed by atoms with Gasteiger partial charge in [-0.2, -0.15) is 0 Å². The number of aliphatic carboxylic acids is 2. The average molecular weight is 197 g/mol. The Morgan fingerprint density at radius 3 is 2.14 bits per heavy atom. The number of carbonyl (C=O) groups is 3. The summed E-state index contributed by atoms with van der Waals surface area (Å²) in [5.74, 6) is -6.35. The van der Waals surface area contributed by atoms with Gasteiger partial charge in [0.05, 0.1) is 5.69 Å². The van der Waals surface area contributed by atoms with E-state index in [1.807, 2.05) is 0 Å². The van der Waals surface area contributed by atoms with Crippen LogP contribution in [0.25, 0.3) is 0 Å². The van der Waals surface area contributed by atoms with Crippen molar-refractivity contribution in [3.63, 3.8) is 0 Å². The van der Waals surface area contributed by atoms with Gasteiger partial charge >= 0.3 is 11.9 Å². The second-order valence-corrected chi connectivity index (χ2v) is 2.56. The molecule has 0 bridgehead atoms. The van der Waals surface area contributed by atoms with Crippen LogP contribution >= 0.6 is 0 Å². The average Bonchev–Trinajstić information content (AvgIpc) is 2.53. The van der Waals surface area contributed by atoms with Gasteiger partial charge in [0, 0.05) is 6.20 Å². The number of ketones is 1. The van der Waals surface area contributed by atoms with Crippen LogP contribution in [0.5, 0.6) is 0 Å². The van der Waals surface area contributed by atoms with E-state index in [4.69, 9.17) is 10.2 Å². The van der Waals surface area contributed by atoms with Crippen LogP contribution in [0.3, 0.4) is 0 Å². The Labute approximate surface area is 78.2 Å². The van der Waals surface area contributed by atoms with Crippen molar-refractivity contribution in [3.05, 3.63) is 24.0 Å². The number of carboxylic acids is 2. The van der Waals surface area contributed by atoms with E-state index in [0.717, 1.165) is 0 Å². The lowest BCUT2D eigenvalue weighted by molar-refractivity contribution is -0.151. The topological polar surface area (TPSA) is 107 Å². The third-order valence-corrected chi connectivity index (χ3v) is 1.62. The molecule has 1 rings (SSSR count). The van der Waals surface area contributed by atoms with Gasteiger partial charge in [-0.3, -0.25) is 14.4 Å². The summed E-state index contributed by atoms with van der Waals surface area (Å²) in [4.78, 5) is 34.7. The van der Waals surface area contributed by atoms with E-state index < -0.39 is 23.6 Å². The van der Waals surface area contributed by atoms with Gasteiger partial charge < -0.3 is 15.2 Å². The largest absolute Gasteiger partial charge is 0.480 e. The maximum absolute atomic E-state index is 11.3. The van der Waals surface area contributed by atoms with E-state index >= 15 is 0 Å². The van der Waals surface area contributed by atoms with E-state index in [9.17, 15) is 14.4 Å². The van der Waals surface area contributed by atoms with Crippen molar-refractivity contribution in [1.82, 2.24) is 4.98 Å². The molecular formula is C8H7NO5. The van der Waals surface area contributed by atoms with E-state index in [0.29, 0.717) is 0 Å². The molecule has 74 valence electrons. The van der Waals surface area contributed by atoms with Crippen molar-refractivity contribution in [2.24, 2.45) is 5.92 Å². The van der Waals surface area contributed by atoms with Crippen LogP contribution in [0.1, 0.15) is 10.5 Å². The fourth-order valence-electron chi connectivity index (χ4n) is 0.969. The smallest absolute Gasteiger partial charge is 0.326 e. The molecule has 0 amide bonds. The Morgan fingerprint density at radius 2 is 1.79 bits per heavy atom. The molecule has 0 saturated heterocycles. The molecule has 0 unspecified atom stereocenters. The highest BCUT2D eigenvalue weighted by Crippen LogP contribution is 2.07. The summed E-state index contributed by atoms with van der Waals surface area (Å²) in [5, 5.41) is 17.0. The first-order valence-electron chi connectivity index (χ1n) is 3.67. The van der Waals surface area contributed by atoms with Crippen LogP contribution < -0.4 is 0 Å². The minimum absolute atomic E-state index is 0.0280. The molecule has 0 aliphatic heterocycles. The summed E-state index contributed by atoms with van der Waals surface area (Å²) >= 11 is 0. The van der Waals surface area contributed by atoms with Gasteiger partial charge in [0.25, 0.3) is 0 Å². The lowest BCUT2D eigenvalue weighted by Gasteiger charge is -2.03. The van der Waals surface area contributed by atoms with E-state index in [-0.39, 0.29) is 5.69 Å². The number of nitrogens with one attached hydrogen (secondary N) is 1. The molecule has 0 aliphatic rings. The number of hydrogen-bond donors (Lipinski definition) is 3. The molecule has 1 heterocycles. The second-order valence-electron chi connectivity index (χ2n) is 2.56. The Bertz CT molecular complexity index is 353. The molecule has 6 heteroatoms. The highest BCUT2D eigenvalue weighted by atomic mass is 16.4. The summed E-state index contributed by atoms with van der Waals surface area (Å²) in [7, 11) is 0. The molecule has 0 aliphatic carbocycles. The maximum Gasteiger partial charge on any atom is 0.326 e. The van der Waals surface area contributed by atoms with Gasteiger partial charge in [-0.15, -0.1) is 0 Å². The summed E-state index contributed by atoms with van der Waals surface area (Å²) < 4.78 is 0. The molecule has 14 heavy (non-hydrogen) atoms. The fraction of sp³-hybridized carbons (Fsp3) is 0.125. The van der Waals surface area contributed by atoms with Crippen molar-refractivity contribution >= 4 is 17.7 Å². The van der Waals surface area contributed by atoms with Crippen LogP contribution in [-0.4, -0.2) is 32.9 Å². The van der Waals surface area contributed by atoms with E-state index in [1.54, 1.807) is 0 Å². The Kier molecular flexibility index (Phi) is 2.66. The van der Waals surface area contributed by atoms with Crippen LogP contribution in [0, 0.1) is 5.92 Å². The van der Waals surface area contributed by atoms with Crippen molar-refractivity contribution in [2.45, 2.75) is 0 Å². The zero-order valence-electron chi connectivity index (χ0n) is 6.93. The highest BCUT2D eigenvalue weighted by Gasteiger charge is 2.34. The number of H-pyrrole nitrogens is 1. The molecule has 0 saturated carbocycles. The number of aromatic amines is 1. The van der Waals surface area contributed by atoms with Crippen molar-refractivity contribution in [1.29, 1.82) is 0 Å². The van der Waals surface area contributed by atoms with Crippen LogP contribution in [0.2, 0.25) is 0 Å². The van der Waals surface area contributed by atoms with Gasteiger partial charge in [-0.1, -0.05) is 0 Å². The molecule has 1 aromatic rings. The molecule has 3 N–H and O–H groups in total.